The average Bonchev–Trinajstić information content (AvgIpc) is 2.87. The van der Waals surface area contributed by atoms with Crippen molar-refractivity contribution >= 4 is 24.1 Å². The second-order valence-electron chi connectivity index (χ2n) is 11.1. The highest BCUT2D eigenvalue weighted by Gasteiger charge is 2.42. The Labute approximate surface area is 227 Å². The number of rotatable bonds is 10. The molecule has 218 valence electrons. The summed E-state index contributed by atoms with van der Waals surface area (Å²) >= 11 is 0. The summed E-state index contributed by atoms with van der Waals surface area (Å²) in [7, 11) is 1.55. The number of likely N-dealkylation sites (tertiary alicyclic amines) is 1. The van der Waals surface area contributed by atoms with Gasteiger partial charge in [-0.25, -0.2) is 5.06 Å². The first-order chi connectivity index (χ1) is 18.1. The Hall–Kier alpha value is -3.15. The normalized spacial score (nSPS) is 16.3. The number of alkyl halides is 3. The Morgan fingerprint density at radius 2 is 1.69 bits per heavy atom. The molecule has 2 rings (SSSR count). The molecule has 1 saturated heterocycles. The van der Waals surface area contributed by atoms with E-state index in [0.717, 1.165) is 24.3 Å². The van der Waals surface area contributed by atoms with Gasteiger partial charge in [-0.3, -0.25) is 24.4 Å². The van der Waals surface area contributed by atoms with Gasteiger partial charge < -0.3 is 15.1 Å². The van der Waals surface area contributed by atoms with Crippen LogP contribution in [0.5, 0.6) is 0 Å². The minimum atomic E-state index is -4.48. The van der Waals surface area contributed by atoms with Crippen molar-refractivity contribution in [3.05, 3.63) is 35.4 Å². The van der Waals surface area contributed by atoms with Crippen LogP contribution < -0.4 is 5.32 Å². The molecule has 12 heteroatoms. The van der Waals surface area contributed by atoms with E-state index in [1.54, 1.807) is 11.9 Å². The minimum Gasteiger partial charge on any atom is -0.349 e. The molecule has 0 aromatic heterocycles. The van der Waals surface area contributed by atoms with Gasteiger partial charge in [0.2, 0.25) is 18.2 Å². The summed E-state index contributed by atoms with van der Waals surface area (Å²) < 4.78 is 38.3. The molecule has 0 spiro atoms. The van der Waals surface area contributed by atoms with Gasteiger partial charge >= 0.3 is 6.18 Å². The van der Waals surface area contributed by atoms with Crippen LogP contribution in [-0.2, 0) is 20.6 Å². The number of nitrogens with one attached hydrogen (secondary N) is 1. The van der Waals surface area contributed by atoms with E-state index in [4.69, 9.17) is 0 Å². The lowest BCUT2D eigenvalue weighted by Gasteiger charge is -2.42. The van der Waals surface area contributed by atoms with Crippen molar-refractivity contribution in [2.75, 3.05) is 26.7 Å². The van der Waals surface area contributed by atoms with E-state index >= 15 is 0 Å². The summed E-state index contributed by atoms with van der Waals surface area (Å²) in [6.07, 6.45) is -2.26. The number of benzene rings is 1. The smallest absolute Gasteiger partial charge is 0.349 e. The van der Waals surface area contributed by atoms with Crippen LogP contribution in [-0.4, -0.2) is 83.0 Å². The van der Waals surface area contributed by atoms with Gasteiger partial charge in [-0.05, 0) is 48.9 Å². The Bertz CT molecular complexity index is 1000. The van der Waals surface area contributed by atoms with Crippen molar-refractivity contribution in [1.29, 1.82) is 0 Å². The van der Waals surface area contributed by atoms with Crippen LogP contribution in [0, 0.1) is 11.3 Å². The van der Waals surface area contributed by atoms with E-state index in [9.17, 15) is 37.6 Å². The van der Waals surface area contributed by atoms with E-state index in [0.29, 0.717) is 43.8 Å². The lowest BCUT2D eigenvalue weighted by molar-refractivity contribution is -0.160. The predicted molar refractivity (Wildman–Crippen MR) is 137 cm³/mol. The number of carbonyl (C=O) groups excluding carboxylic acids is 4. The zero-order chi connectivity index (χ0) is 29.5. The van der Waals surface area contributed by atoms with Crippen LogP contribution in [0.1, 0.15) is 69.3 Å². The number of hydrogen-bond donors (Lipinski definition) is 2. The topological polar surface area (TPSA) is 110 Å². The van der Waals surface area contributed by atoms with Crippen LogP contribution in [0.4, 0.5) is 13.2 Å². The third-order valence-corrected chi connectivity index (χ3v) is 6.92. The van der Waals surface area contributed by atoms with Gasteiger partial charge in [0.15, 0.2) is 0 Å². The van der Waals surface area contributed by atoms with E-state index < -0.39 is 35.0 Å². The molecule has 0 aliphatic carbocycles. The molecule has 0 saturated carbocycles. The number of halogens is 3. The number of piperidine rings is 1. The maximum absolute atomic E-state index is 13.6. The van der Waals surface area contributed by atoms with Crippen LogP contribution in [0.15, 0.2) is 24.3 Å². The molecule has 1 aliphatic rings. The van der Waals surface area contributed by atoms with Crippen LogP contribution in [0.3, 0.4) is 0 Å². The van der Waals surface area contributed by atoms with Gasteiger partial charge in [-0.15, -0.1) is 0 Å². The molecule has 4 amide bonds. The zero-order valence-corrected chi connectivity index (χ0v) is 23.1. The largest absolute Gasteiger partial charge is 0.416 e. The van der Waals surface area contributed by atoms with Crippen LogP contribution in [0.2, 0.25) is 0 Å². The van der Waals surface area contributed by atoms with Crippen molar-refractivity contribution in [3.8, 4) is 0 Å². The molecule has 0 radical (unpaired) electrons. The summed E-state index contributed by atoms with van der Waals surface area (Å²) in [5.74, 6) is -1.73. The highest BCUT2D eigenvalue weighted by molar-refractivity contribution is 5.94. The third kappa shape index (κ3) is 8.67. The molecule has 1 fully saturated rings. The predicted octanol–water partition coefficient (Wildman–Crippen LogP) is 3.56. The first-order valence-corrected chi connectivity index (χ1v) is 13.0. The minimum absolute atomic E-state index is 0.118. The number of hydrogen-bond acceptors (Lipinski definition) is 5. The van der Waals surface area contributed by atoms with Gasteiger partial charge in [0, 0.05) is 31.7 Å². The Balaban J connectivity index is 2.05. The lowest BCUT2D eigenvalue weighted by Crippen LogP contribution is -2.58. The number of nitrogens with zero attached hydrogens (tertiary/aromatic N) is 3. The maximum atomic E-state index is 13.6. The summed E-state index contributed by atoms with van der Waals surface area (Å²) in [5, 5.41) is 12.9. The Kier molecular flexibility index (Phi) is 10.9. The summed E-state index contributed by atoms with van der Waals surface area (Å²) in [6.45, 7) is 7.95. The average molecular weight is 557 g/mol. The standard InChI is InChI=1S/C27H39F3N4O5/c1-6-7-19(16-34(39)17-35)24(37)32(5)22(26(2,3)4)25(38)33-14-12-21(13-15-33)31-23(36)18-8-10-20(11-9-18)27(28,29)30/h8-11,17,19,21-22,39H,6-7,12-16H2,1-5H3,(H,31,36)/t19-,22-/m1/s1. The number of amides is 4. The molecule has 39 heavy (non-hydrogen) atoms. The molecule has 9 nitrogen and oxygen atoms in total. The van der Waals surface area contributed by atoms with Crippen molar-refractivity contribution in [1.82, 2.24) is 20.2 Å². The summed E-state index contributed by atoms with van der Waals surface area (Å²) in [4.78, 5) is 53.5. The zero-order valence-electron chi connectivity index (χ0n) is 23.1. The van der Waals surface area contributed by atoms with Crippen LogP contribution >= 0.6 is 0 Å². The molecule has 1 aromatic rings. The second kappa shape index (κ2) is 13.3. The Morgan fingerprint density at radius 3 is 2.15 bits per heavy atom. The lowest BCUT2D eigenvalue weighted by atomic mass is 9.83. The van der Waals surface area contributed by atoms with E-state index in [1.165, 1.54) is 4.90 Å². The second-order valence-corrected chi connectivity index (χ2v) is 11.1. The fourth-order valence-electron chi connectivity index (χ4n) is 4.94. The number of carbonyl (C=O) groups is 4. The molecule has 0 unspecified atom stereocenters. The number of hydroxylamine groups is 2. The molecule has 1 aliphatic heterocycles. The third-order valence-electron chi connectivity index (χ3n) is 6.92. The Morgan fingerprint density at radius 1 is 1.13 bits per heavy atom. The van der Waals surface area contributed by atoms with Gasteiger partial charge in [0.05, 0.1) is 18.0 Å². The SMILES string of the molecule is CCC[C@H](CN(O)C=O)C(=O)N(C)[C@H](C(=O)N1CCC(NC(=O)c2ccc(C(F)(F)F)cc2)CC1)C(C)(C)C. The molecular formula is C27H39F3N4O5. The van der Waals surface area contributed by atoms with Crippen molar-refractivity contribution in [3.63, 3.8) is 0 Å². The quantitative estimate of drug-likeness (QED) is 0.260. The fraction of sp³-hybridized carbons (Fsp3) is 0.630. The van der Waals surface area contributed by atoms with Gasteiger partial charge in [-0.1, -0.05) is 34.1 Å². The highest BCUT2D eigenvalue weighted by atomic mass is 19.4. The molecule has 0 bridgehead atoms. The molecule has 2 N–H and O–H groups in total. The molecule has 1 aromatic carbocycles. The van der Waals surface area contributed by atoms with E-state index in [2.05, 4.69) is 5.32 Å². The maximum Gasteiger partial charge on any atom is 0.416 e. The molecular weight excluding hydrogens is 517 g/mol. The van der Waals surface area contributed by atoms with Crippen LogP contribution in [0.25, 0.3) is 0 Å². The van der Waals surface area contributed by atoms with Crippen molar-refractivity contribution in [2.24, 2.45) is 11.3 Å². The monoisotopic (exact) mass is 556 g/mol. The van der Waals surface area contributed by atoms with Gasteiger partial charge in [-0.2, -0.15) is 13.2 Å². The van der Waals surface area contributed by atoms with Crippen molar-refractivity contribution < 1.29 is 37.6 Å². The molecule has 1 heterocycles. The van der Waals surface area contributed by atoms with Gasteiger partial charge in [0.1, 0.15) is 6.04 Å². The number of likely N-dealkylation sites (N-methyl/N-ethyl adjacent to an activating group) is 1. The molecule has 2 atom stereocenters. The summed E-state index contributed by atoms with van der Waals surface area (Å²) in [6, 6.07) is 2.93. The van der Waals surface area contributed by atoms with Crippen molar-refractivity contribution in [2.45, 2.75) is 71.6 Å². The van der Waals surface area contributed by atoms with E-state index in [-0.39, 0.29) is 36.4 Å². The van der Waals surface area contributed by atoms with Gasteiger partial charge in [0.25, 0.3) is 5.91 Å². The highest BCUT2D eigenvalue weighted by Crippen LogP contribution is 2.30. The van der Waals surface area contributed by atoms with E-state index in [1.807, 2.05) is 27.7 Å². The fourth-order valence-corrected chi connectivity index (χ4v) is 4.94. The first-order valence-electron chi connectivity index (χ1n) is 13.0. The summed E-state index contributed by atoms with van der Waals surface area (Å²) in [5.41, 5.74) is -1.33. The first kappa shape index (κ1) is 32.1.